The van der Waals surface area contributed by atoms with E-state index in [0.29, 0.717) is 29.4 Å². The minimum atomic E-state index is -4.50. The minimum absolute atomic E-state index is 0.0468. The summed E-state index contributed by atoms with van der Waals surface area (Å²) in [5, 5.41) is 2.50. The van der Waals surface area contributed by atoms with Crippen molar-refractivity contribution < 1.29 is 32.2 Å². The number of hydrogen-bond donors (Lipinski definition) is 1. The SMILES string of the molecule is CCOc1ccc(C(=O)Nc2cccc(C(F)(F)F)c2)cc1COc1ccccc1OC. The van der Waals surface area contributed by atoms with Crippen LogP contribution < -0.4 is 19.5 Å². The Kier molecular flexibility index (Phi) is 7.25. The van der Waals surface area contributed by atoms with E-state index < -0.39 is 17.6 Å². The van der Waals surface area contributed by atoms with Crippen LogP contribution in [0, 0.1) is 0 Å². The molecule has 1 amide bonds. The topological polar surface area (TPSA) is 56.8 Å². The molecule has 0 aliphatic rings. The third kappa shape index (κ3) is 5.72. The monoisotopic (exact) mass is 445 g/mol. The van der Waals surface area contributed by atoms with Crippen LogP contribution >= 0.6 is 0 Å². The summed E-state index contributed by atoms with van der Waals surface area (Å²) in [6.07, 6.45) is -4.50. The number of amides is 1. The molecule has 0 unspecified atom stereocenters. The van der Waals surface area contributed by atoms with Crippen molar-refractivity contribution in [2.24, 2.45) is 0 Å². The number of anilines is 1. The zero-order valence-electron chi connectivity index (χ0n) is 17.5. The summed E-state index contributed by atoms with van der Waals surface area (Å²) in [6, 6.07) is 16.4. The lowest BCUT2D eigenvalue weighted by Gasteiger charge is -2.15. The van der Waals surface area contributed by atoms with Gasteiger partial charge in [-0.3, -0.25) is 4.79 Å². The van der Waals surface area contributed by atoms with E-state index in [1.54, 1.807) is 36.4 Å². The number of halogens is 3. The number of carbonyl (C=O) groups excluding carboxylic acids is 1. The number of nitrogens with one attached hydrogen (secondary N) is 1. The molecule has 0 aromatic heterocycles. The van der Waals surface area contributed by atoms with Crippen LogP contribution in [0.2, 0.25) is 0 Å². The summed E-state index contributed by atoms with van der Waals surface area (Å²) in [7, 11) is 1.53. The van der Waals surface area contributed by atoms with E-state index in [4.69, 9.17) is 14.2 Å². The van der Waals surface area contributed by atoms with Gasteiger partial charge in [0.2, 0.25) is 0 Å². The molecular weight excluding hydrogens is 423 g/mol. The van der Waals surface area contributed by atoms with E-state index in [9.17, 15) is 18.0 Å². The van der Waals surface area contributed by atoms with Gasteiger partial charge in [0.05, 0.1) is 19.3 Å². The fourth-order valence-corrected chi connectivity index (χ4v) is 3.00. The van der Waals surface area contributed by atoms with E-state index in [-0.39, 0.29) is 17.9 Å². The van der Waals surface area contributed by atoms with Crippen LogP contribution in [0.4, 0.5) is 18.9 Å². The average molecular weight is 445 g/mol. The van der Waals surface area contributed by atoms with Gasteiger partial charge in [0.15, 0.2) is 11.5 Å². The van der Waals surface area contributed by atoms with E-state index in [1.165, 1.54) is 19.2 Å². The van der Waals surface area contributed by atoms with Crippen LogP contribution in [-0.4, -0.2) is 19.6 Å². The first-order valence-corrected chi connectivity index (χ1v) is 9.82. The number of ether oxygens (including phenoxy) is 3. The zero-order valence-corrected chi connectivity index (χ0v) is 17.5. The molecular formula is C24H22F3NO4. The van der Waals surface area contributed by atoms with Crippen LogP contribution in [0.25, 0.3) is 0 Å². The lowest BCUT2D eigenvalue weighted by molar-refractivity contribution is -0.137. The summed E-state index contributed by atoms with van der Waals surface area (Å²) < 4.78 is 55.5. The molecule has 0 spiro atoms. The van der Waals surface area contributed by atoms with Gasteiger partial charge < -0.3 is 19.5 Å². The Morgan fingerprint density at radius 1 is 0.906 bits per heavy atom. The number of benzene rings is 3. The zero-order chi connectivity index (χ0) is 23.1. The van der Waals surface area contributed by atoms with E-state index >= 15 is 0 Å². The number of para-hydroxylation sites is 2. The Labute approximate surface area is 183 Å². The first kappa shape index (κ1) is 23.0. The molecule has 0 fully saturated rings. The third-order valence-electron chi connectivity index (χ3n) is 4.52. The van der Waals surface area contributed by atoms with Gasteiger partial charge in [0.25, 0.3) is 5.91 Å². The molecule has 1 N–H and O–H groups in total. The van der Waals surface area contributed by atoms with Gasteiger partial charge >= 0.3 is 6.18 Å². The van der Waals surface area contributed by atoms with Gasteiger partial charge in [-0.15, -0.1) is 0 Å². The smallest absolute Gasteiger partial charge is 0.416 e. The predicted octanol–water partition coefficient (Wildman–Crippen LogP) is 5.94. The van der Waals surface area contributed by atoms with Crippen molar-refractivity contribution in [3.63, 3.8) is 0 Å². The van der Waals surface area contributed by atoms with Crippen LogP contribution in [0.1, 0.15) is 28.4 Å². The molecule has 8 heteroatoms. The summed E-state index contributed by atoms with van der Waals surface area (Å²) in [4.78, 5) is 12.7. The fraction of sp³-hybridized carbons (Fsp3) is 0.208. The largest absolute Gasteiger partial charge is 0.493 e. The van der Waals surface area contributed by atoms with Crippen molar-refractivity contribution in [1.82, 2.24) is 0 Å². The predicted molar refractivity (Wildman–Crippen MR) is 114 cm³/mol. The first-order chi connectivity index (χ1) is 15.3. The Morgan fingerprint density at radius 3 is 2.34 bits per heavy atom. The molecule has 3 aromatic carbocycles. The van der Waals surface area contributed by atoms with Gasteiger partial charge in [-0.05, 0) is 55.5 Å². The summed E-state index contributed by atoms with van der Waals surface area (Å²) >= 11 is 0. The Hall–Kier alpha value is -3.68. The Balaban J connectivity index is 1.81. The van der Waals surface area contributed by atoms with Gasteiger partial charge in [-0.25, -0.2) is 0 Å². The van der Waals surface area contributed by atoms with Crippen molar-refractivity contribution in [2.45, 2.75) is 19.7 Å². The second-order valence-corrected chi connectivity index (χ2v) is 6.73. The molecule has 0 bridgehead atoms. The molecule has 0 aliphatic heterocycles. The van der Waals surface area contributed by atoms with Crippen LogP contribution in [0.5, 0.6) is 17.2 Å². The van der Waals surface area contributed by atoms with Crippen molar-refractivity contribution >= 4 is 11.6 Å². The lowest BCUT2D eigenvalue weighted by atomic mass is 10.1. The lowest BCUT2D eigenvalue weighted by Crippen LogP contribution is -2.14. The summed E-state index contributed by atoms with van der Waals surface area (Å²) in [5.41, 5.74) is 0.0670. The number of rotatable bonds is 8. The highest BCUT2D eigenvalue weighted by atomic mass is 19.4. The fourth-order valence-electron chi connectivity index (χ4n) is 3.00. The molecule has 0 saturated carbocycles. The molecule has 0 radical (unpaired) electrons. The van der Waals surface area contributed by atoms with Gasteiger partial charge in [-0.2, -0.15) is 13.2 Å². The van der Waals surface area contributed by atoms with Crippen LogP contribution in [0.3, 0.4) is 0 Å². The summed E-state index contributed by atoms with van der Waals surface area (Å²) in [6.45, 7) is 2.34. The van der Waals surface area contributed by atoms with Gasteiger partial charge in [0.1, 0.15) is 12.4 Å². The molecule has 3 aromatic rings. The summed E-state index contributed by atoms with van der Waals surface area (Å²) in [5.74, 6) is 1.07. The van der Waals surface area contributed by atoms with Crippen molar-refractivity contribution in [2.75, 3.05) is 19.0 Å². The number of carbonyl (C=O) groups is 1. The van der Waals surface area contributed by atoms with E-state index in [0.717, 1.165) is 12.1 Å². The number of methoxy groups -OCH3 is 1. The Morgan fingerprint density at radius 2 is 1.66 bits per heavy atom. The maximum Gasteiger partial charge on any atom is 0.416 e. The molecule has 0 heterocycles. The van der Waals surface area contributed by atoms with E-state index in [2.05, 4.69) is 5.32 Å². The first-order valence-electron chi connectivity index (χ1n) is 9.82. The number of alkyl halides is 3. The molecule has 0 saturated heterocycles. The average Bonchev–Trinajstić information content (AvgIpc) is 2.78. The van der Waals surface area contributed by atoms with Gasteiger partial charge in [0, 0.05) is 16.8 Å². The van der Waals surface area contributed by atoms with Crippen LogP contribution in [0.15, 0.2) is 66.7 Å². The Bertz CT molecular complexity index is 1080. The molecule has 32 heavy (non-hydrogen) atoms. The maximum absolute atomic E-state index is 12.9. The molecule has 3 rings (SSSR count). The van der Waals surface area contributed by atoms with Crippen molar-refractivity contribution in [3.8, 4) is 17.2 Å². The maximum atomic E-state index is 12.9. The third-order valence-corrected chi connectivity index (χ3v) is 4.52. The molecule has 5 nitrogen and oxygen atoms in total. The number of hydrogen-bond acceptors (Lipinski definition) is 4. The van der Waals surface area contributed by atoms with Crippen molar-refractivity contribution in [1.29, 1.82) is 0 Å². The highest BCUT2D eigenvalue weighted by Crippen LogP contribution is 2.31. The van der Waals surface area contributed by atoms with Crippen LogP contribution in [-0.2, 0) is 12.8 Å². The standard InChI is InChI=1S/C24H22F3NO4/c1-3-31-20-12-11-16(13-17(20)15-32-22-10-5-4-9-21(22)30-2)23(29)28-19-8-6-7-18(14-19)24(25,26)27/h4-14H,3,15H2,1-2H3,(H,28,29). The van der Waals surface area contributed by atoms with E-state index in [1.807, 2.05) is 13.0 Å². The normalized spacial score (nSPS) is 11.0. The quantitative estimate of drug-likeness (QED) is 0.466. The second kappa shape index (κ2) is 10.1. The minimum Gasteiger partial charge on any atom is -0.493 e. The second-order valence-electron chi connectivity index (χ2n) is 6.73. The molecule has 0 aliphatic carbocycles. The van der Waals surface area contributed by atoms with Crippen molar-refractivity contribution in [3.05, 3.63) is 83.4 Å². The van der Waals surface area contributed by atoms with Gasteiger partial charge in [-0.1, -0.05) is 18.2 Å². The highest BCUT2D eigenvalue weighted by Gasteiger charge is 2.30. The highest BCUT2D eigenvalue weighted by molar-refractivity contribution is 6.04. The molecule has 0 atom stereocenters. The molecule has 168 valence electrons.